The molecule has 3 heteroatoms. The van der Waals surface area contributed by atoms with E-state index in [2.05, 4.69) is 6.92 Å². The van der Waals surface area contributed by atoms with Crippen LogP contribution in [0.25, 0.3) is 0 Å². The Kier molecular flexibility index (Phi) is 3.93. The first-order valence-corrected chi connectivity index (χ1v) is 5.54. The Morgan fingerprint density at radius 2 is 2.07 bits per heavy atom. The van der Waals surface area contributed by atoms with Crippen molar-refractivity contribution in [2.75, 3.05) is 13.6 Å². The molecule has 1 aliphatic carbocycles. The van der Waals surface area contributed by atoms with Crippen LogP contribution in [0.3, 0.4) is 0 Å². The average molecular weight is 198 g/mol. The molecular formula is C11H22N2O. The maximum absolute atomic E-state index is 11.9. The van der Waals surface area contributed by atoms with Crippen LogP contribution >= 0.6 is 0 Å². The SMILES string of the molecule is CC(C(=O)N(C)C(C)CCN)C1CC1. The molecular weight excluding hydrogens is 176 g/mol. The average Bonchev–Trinajstić information content (AvgIpc) is 2.98. The van der Waals surface area contributed by atoms with Crippen molar-refractivity contribution < 1.29 is 4.79 Å². The molecule has 82 valence electrons. The smallest absolute Gasteiger partial charge is 0.225 e. The van der Waals surface area contributed by atoms with Gasteiger partial charge in [-0.2, -0.15) is 0 Å². The van der Waals surface area contributed by atoms with Gasteiger partial charge in [0.25, 0.3) is 0 Å². The largest absolute Gasteiger partial charge is 0.343 e. The van der Waals surface area contributed by atoms with Crippen molar-refractivity contribution in [2.45, 2.75) is 39.2 Å². The van der Waals surface area contributed by atoms with Crippen LogP contribution in [-0.4, -0.2) is 30.4 Å². The van der Waals surface area contributed by atoms with Gasteiger partial charge in [-0.05, 0) is 38.6 Å². The van der Waals surface area contributed by atoms with E-state index in [1.807, 2.05) is 18.9 Å². The number of hydrogen-bond acceptors (Lipinski definition) is 2. The van der Waals surface area contributed by atoms with Crippen LogP contribution in [0.5, 0.6) is 0 Å². The molecule has 0 aromatic carbocycles. The fourth-order valence-corrected chi connectivity index (χ4v) is 1.77. The summed E-state index contributed by atoms with van der Waals surface area (Å²) in [5, 5.41) is 0. The van der Waals surface area contributed by atoms with Crippen molar-refractivity contribution in [1.82, 2.24) is 4.90 Å². The van der Waals surface area contributed by atoms with Crippen LogP contribution in [0.1, 0.15) is 33.1 Å². The molecule has 1 saturated carbocycles. The molecule has 1 rings (SSSR count). The fourth-order valence-electron chi connectivity index (χ4n) is 1.77. The first-order valence-electron chi connectivity index (χ1n) is 5.54. The predicted octanol–water partition coefficient (Wildman–Crippen LogP) is 1.23. The summed E-state index contributed by atoms with van der Waals surface area (Å²) < 4.78 is 0. The fraction of sp³-hybridized carbons (Fsp3) is 0.909. The van der Waals surface area contributed by atoms with Gasteiger partial charge in [-0.1, -0.05) is 6.92 Å². The zero-order valence-corrected chi connectivity index (χ0v) is 9.49. The van der Waals surface area contributed by atoms with Crippen molar-refractivity contribution >= 4 is 5.91 Å². The molecule has 0 aromatic rings. The number of carbonyl (C=O) groups is 1. The van der Waals surface area contributed by atoms with Crippen molar-refractivity contribution in [3.05, 3.63) is 0 Å². The highest BCUT2D eigenvalue weighted by Crippen LogP contribution is 2.37. The summed E-state index contributed by atoms with van der Waals surface area (Å²) in [7, 11) is 1.89. The van der Waals surface area contributed by atoms with Gasteiger partial charge < -0.3 is 10.6 Å². The molecule has 0 bridgehead atoms. The lowest BCUT2D eigenvalue weighted by molar-refractivity contribution is -0.136. The topological polar surface area (TPSA) is 46.3 Å². The van der Waals surface area contributed by atoms with Crippen LogP contribution in [0.4, 0.5) is 0 Å². The Labute approximate surface area is 86.6 Å². The molecule has 1 aliphatic rings. The van der Waals surface area contributed by atoms with E-state index in [4.69, 9.17) is 5.73 Å². The third-order valence-electron chi connectivity index (χ3n) is 3.31. The van der Waals surface area contributed by atoms with Crippen molar-refractivity contribution in [3.8, 4) is 0 Å². The van der Waals surface area contributed by atoms with E-state index in [0.717, 1.165) is 6.42 Å². The van der Waals surface area contributed by atoms with E-state index >= 15 is 0 Å². The number of hydrogen-bond donors (Lipinski definition) is 1. The molecule has 0 spiro atoms. The third kappa shape index (κ3) is 2.71. The summed E-state index contributed by atoms with van der Waals surface area (Å²) >= 11 is 0. The standard InChI is InChI=1S/C11H22N2O/c1-8(6-7-12)13(3)11(14)9(2)10-4-5-10/h8-10H,4-7,12H2,1-3H3. The predicted molar refractivity (Wildman–Crippen MR) is 57.8 cm³/mol. The maximum atomic E-state index is 11.9. The molecule has 0 aromatic heterocycles. The molecule has 0 aliphatic heterocycles. The van der Waals surface area contributed by atoms with Crippen LogP contribution in [0.15, 0.2) is 0 Å². The highest BCUT2D eigenvalue weighted by molar-refractivity contribution is 5.79. The van der Waals surface area contributed by atoms with Crippen molar-refractivity contribution in [1.29, 1.82) is 0 Å². The zero-order valence-electron chi connectivity index (χ0n) is 9.49. The molecule has 2 N–H and O–H groups in total. The van der Waals surface area contributed by atoms with Gasteiger partial charge in [-0.3, -0.25) is 4.79 Å². The quantitative estimate of drug-likeness (QED) is 0.722. The van der Waals surface area contributed by atoms with E-state index in [1.165, 1.54) is 12.8 Å². The molecule has 0 radical (unpaired) electrons. The van der Waals surface area contributed by atoms with E-state index in [9.17, 15) is 4.79 Å². The summed E-state index contributed by atoms with van der Waals surface area (Å²) in [6.07, 6.45) is 3.34. The van der Waals surface area contributed by atoms with Crippen LogP contribution < -0.4 is 5.73 Å². The summed E-state index contributed by atoms with van der Waals surface area (Å²) in [6, 6.07) is 0.272. The number of rotatable bonds is 5. The normalized spacial score (nSPS) is 20.3. The second-order valence-corrected chi connectivity index (χ2v) is 4.50. The molecule has 14 heavy (non-hydrogen) atoms. The van der Waals surface area contributed by atoms with Gasteiger partial charge in [0.2, 0.25) is 5.91 Å². The van der Waals surface area contributed by atoms with Gasteiger partial charge in [0.1, 0.15) is 0 Å². The zero-order chi connectivity index (χ0) is 10.7. The van der Waals surface area contributed by atoms with Crippen molar-refractivity contribution in [2.24, 2.45) is 17.6 Å². The Morgan fingerprint density at radius 1 is 1.50 bits per heavy atom. The van der Waals surface area contributed by atoms with Gasteiger partial charge >= 0.3 is 0 Å². The number of carbonyl (C=O) groups excluding carboxylic acids is 1. The van der Waals surface area contributed by atoms with Gasteiger partial charge in [-0.15, -0.1) is 0 Å². The minimum atomic E-state index is 0.209. The highest BCUT2D eigenvalue weighted by atomic mass is 16.2. The second-order valence-electron chi connectivity index (χ2n) is 4.50. The molecule has 0 heterocycles. The van der Waals surface area contributed by atoms with Crippen LogP contribution in [0, 0.1) is 11.8 Å². The second kappa shape index (κ2) is 4.78. The van der Waals surface area contributed by atoms with Crippen molar-refractivity contribution in [3.63, 3.8) is 0 Å². The molecule has 0 saturated heterocycles. The summed E-state index contributed by atoms with van der Waals surface area (Å²) in [4.78, 5) is 13.8. The molecule has 2 atom stereocenters. The molecule has 2 unspecified atom stereocenters. The lowest BCUT2D eigenvalue weighted by Gasteiger charge is -2.27. The van der Waals surface area contributed by atoms with E-state index in [-0.39, 0.29) is 17.9 Å². The number of nitrogens with two attached hydrogens (primary N) is 1. The van der Waals surface area contributed by atoms with Gasteiger partial charge in [0, 0.05) is 19.0 Å². The number of amides is 1. The van der Waals surface area contributed by atoms with E-state index in [0.29, 0.717) is 12.5 Å². The summed E-state index contributed by atoms with van der Waals surface area (Å²) in [5.41, 5.74) is 5.48. The summed E-state index contributed by atoms with van der Waals surface area (Å²) in [6.45, 7) is 4.76. The maximum Gasteiger partial charge on any atom is 0.225 e. The minimum absolute atomic E-state index is 0.209. The van der Waals surface area contributed by atoms with Gasteiger partial charge in [0.15, 0.2) is 0 Å². The Balaban J connectivity index is 2.41. The minimum Gasteiger partial charge on any atom is -0.343 e. The molecule has 1 amide bonds. The Morgan fingerprint density at radius 3 is 2.50 bits per heavy atom. The lowest BCUT2D eigenvalue weighted by atomic mass is 10.0. The van der Waals surface area contributed by atoms with E-state index < -0.39 is 0 Å². The number of nitrogens with zero attached hydrogens (tertiary/aromatic N) is 1. The monoisotopic (exact) mass is 198 g/mol. The summed E-state index contributed by atoms with van der Waals surface area (Å²) in [5.74, 6) is 1.14. The van der Waals surface area contributed by atoms with Gasteiger partial charge in [0.05, 0.1) is 0 Å². The highest BCUT2D eigenvalue weighted by Gasteiger charge is 2.34. The first kappa shape index (κ1) is 11.5. The van der Waals surface area contributed by atoms with Crippen LogP contribution in [0.2, 0.25) is 0 Å². The molecule has 3 nitrogen and oxygen atoms in total. The Hall–Kier alpha value is -0.570. The van der Waals surface area contributed by atoms with Gasteiger partial charge in [-0.25, -0.2) is 0 Å². The first-order chi connectivity index (χ1) is 6.57. The molecule has 1 fully saturated rings. The third-order valence-corrected chi connectivity index (χ3v) is 3.31. The Bertz CT molecular complexity index is 201. The van der Waals surface area contributed by atoms with E-state index in [1.54, 1.807) is 0 Å². The lowest BCUT2D eigenvalue weighted by Crippen LogP contribution is -2.40. The van der Waals surface area contributed by atoms with Crippen LogP contribution in [-0.2, 0) is 4.79 Å².